The number of rotatable bonds is 3. The van der Waals surface area contributed by atoms with E-state index in [1.54, 1.807) is 7.11 Å². The summed E-state index contributed by atoms with van der Waals surface area (Å²) in [6.07, 6.45) is 3.60. The Morgan fingerprint density at radius 3 is 2.56 bits per heavy atom. The van der Waals surface area contributed by atoms with Crippen molar-refractivity contribution >= 4 is 28.7 Å². The summed E-state index contributed by atoms with van der Waals surface area (Å²) in [6, 6.07) is 18.5. The molecule has 1 aliphatic heterocycles. The third kappa shape index (κ3) is 3.56. The zero-order chi connectivity index (χ0) is 18.8. The molecule has 1 aliphatic carbocycles. The van der Waals surface area contributed by atoms with Gasteiger partial charge in [-0.05, 0) is 60.8 Å². The van der Waals surface area contributed by atoms with Gasteiger partial charge in [0.15, 0.2) is 5.11 Å². The molecule has 2 aromatic carbocycles. The first-order valence-corrected chi connectivity index (χ1v) is 9.96. The van der Waals surface area contributed by atoms with Crippen molar-refractivity contribution in [1.29, 1.82) is 0 Å². The zero-order valence-electron chi connectivity index (χ0n) is 15.8. The minimum Gasteiger partial charge on any atom is -0.497 e. The van der Waals surface area contributed by atoms with Crippen LogP contribution in [0.25, 0.3) is 0 Å². The maximum Gasteiger partial charge on any atom is 0.194 e. The van der Waals surface area contributed by atoms with Gasteiger partial charge in [-0.15, -0.1) is 0 Å². The maximum absolute atomic E-state index is 5.77. The van der Waals surface area contributed by atoms with Gasteiger partial charge in [0.25, 0.3) is 0 Å². The Bertz CT molecular complexity index is 834. The van der Waals surface area contributed by atoms with Gasteiger partial charge in [0.1, 0.15) is 5.75 Å². The molecule has 4 rings (SSSR count). The lowest BCUT2D eigenvalue weighted by Gasteiger charge is -2.31. The van der Waals surface area contributed by atoms with Gasteiger partial charge in [-0.25, -0.2) is 5.01 Å². The fourth-order valence-electron chi connectivity index (χ4n) is 4.20. The number of hydrazone groups is 1. The van der Waals surface area contributed by atoms with Crippen molar-refractivity contribution in [2.24, 2.45) is 16.9 Å². The lowest BCUT2D eigenvalue weighted by atomic mass is 9.76. The van der Waals surface area contributed by atoms with Crippen LogP contribution in [-0.4, -0.2) is 22.9 Å². The smallest absolute Gasteiger partial charge is 0.194 e. The number of nitrogens with zero attached hydrogens (tertiary/aromatic N) is 2. The number of para-hydroxylation sites is 1. The molecule has 0 aromatic heterocycles. The molecule has 1 unspecified atom stereocenters. The third-order valence-electron chi connectivity index (χ3n) is 5.60. The minimum atomic E-state index is 0.136. The number of methoxy groups -OCH3 is 1. The molecule has 0 saturated heterocycles. The average Bonchev–Trinajstić information content (AvgIpc) is 3.10. The van der Waals surface area contributed by atoms with Crippen molar-refractivity contribution in [3.8, 4) is 5.75 Å². The Morgan fingerprint density at radius 2 is 1.85 bits per heavy atom. The van der Waals surface area contributed by atoms with E-state index in [1.165, 1.54) is 24.1 Å². The first-order chi connectivity index (χ1) is 13.2. The van der Waals surface area contributed by atoms with Gasteiger partial charge in [0, 0.05) is 17.3 Å². The molecule has 2 aromatic rings. The molecule has 4 nitrogen and oxygen atoms in total. The number of fused-ring (bicyclic) bond motifs is 1. The zero-order valence-corrected chi connectivity index (χ0v) is 16.6. The SMILES string of the molecule is COc1ccc([C@H]2[C@@H]3CCCC(C)C3=NN2C(=S)Nc2ccccc2)cc1. The number of nitrogens with one attached hydrogen (secondary N) is 1. The Morgan fingerprint density at radius 1 is 1.11 bits per heavy atom. The topological polar surface area (TPSA) is 36.9 Å². The van der Waals surface area contributed by atoms with Crippen LogP contribution < -0.4 is 10.1 Å². The summed E-state index contributed by atoms with van der Waals surface area (Å²) in [6.45, 7) is 2.28. The van der Waals surface area contributed by atoms with E-state index < -0.39 is 0 Å². The molecule has 140 valence electrons. The van der Waals surface area contributed by atoms with Crippen molar-refractivity contribution in [2.45, 2.75) is 32.2 Å². The molecule has 5 heteroatoms. The molecule has 1 saturated carbocycles. The van der Waals surface area contributed by atoms with Gasteiger partial charge in [-0.3, -0.25) is 0 Å². The molecule has 2 aliphatic rings. The number of anilines is 1. The second-order valence-corrected chi connectivity index (χ2v) is 7.71. The van der Waals surface area contributed by atoms with Crippen molar-refractivity contribution < 1.29 is 4.74 Å². The predicted octanol–water partition coefficient (Wildman–Crippen LogP) is 5.24. The van der Waals surface area contributed by atoms with E-state index in [2.05, 4.69) is 24.4 Å². The van der Waals surface area contributed by atoms with Gasteiger partial charge in [-0.1, -0.05) is 43.7 Å². The van der Waals surface area contributed by atoms with E-state index in [1.807, 2.05) is 47.5 Å². The van der Waals surface area contributed by atoms with Gasteiger partial charge < -0.3 is 10.1 Å². The monoisotopic (exact) mass is 379 g/mol. The molecule has 3 atom stereocenters. The molecular weight excluding hydrogens is 354 g/mol. The van der Waals surface area contributed by atoms with Crippen LogP contribution in [0.15, 0.2) is 59.7 Å². The first kappa shape index (κ1) is 18.0. The Hall–Kier alpha value is -2.40. The van der Waals surface area contributed by atoms with Crippen LogP contribution in [0.1, 0.15) is 37.8 Å². The quantitative estimate of drug-likeness (QED) is 0.740. The minimum absolute atomic E-state index is 0.136. The fourth-order valence-corrected chi connectivity index (χ4v) is 4.48. The van der Waals surface area contributed by atoms with Crippen molar-refractivity contribution in [1.82, 2.24) is 5.01 Å². The largest absolute Gasteiger partial charge is 0.497 e. The Labute approximate surface area is 166 Å². The summed E-state index contributed by atoms with van der Waals surface area (Å²) >= 11 is 5.77. The summed E-state index contributed by atoms with van der Waals surface area (Å²) < 4.78 is 5.33. The van der Waals surface area contributed by atoms with E-state index in [4.69, 9.17) is 22.1 Å². The highest BCUT2D eigenvalue weighted by molar-refractivity contribution is 7.80. The Balaban J connectivity index is 1.66. The van der Waals surface area contributed by atoms with Gasteiger partial charge in [-0.2, -0.15) is 5.10 Å². The van der Waals surface area contributed by atoms with Crippen LogP contribution in [0.3, 0.4) is 0 Å². The lowest BCUT2D eigenvalue weighted by Crippen LogP contribution is -2.35. The maximum atomic E-state index is 5.77. The predicted molar refractivity (Wildman–Crippen MR) is 114 cm³/mol. The number of benzene rings is 2. The summed E-state index contributed by atoms with van der Waals surface area (Å²) in [5.41, 5.74) is 3.50. The normalized spacial score (nSPS) is 24.1. The van der Waals surface area contributed by atoms with Gasteiger partial charge >= 0.3 is 0 Å². The van der Waals surface area contributed by atoms with Crippen LogP contribution in [0.2, 0.25) is 0 Å². The summed E-state index contributed by atoms with van der Waals surface area (Å²) in [5.74, 6) is 1.79. The number of hydrogen-bond donors (Lipinski definition) is 1. The molecular formula is C22H25N3OS. The standard InChI is InChI=1S/C22H25N3OS/c1-15-7-6-10-19-20(15)24-25(22(27)23-17-8-4-3-5-9-17)21(19)16-11-13-18(26-2)14-12-16/h3-5,8-9,11-15,19,21H,6-7,10H2,1-2H3,(H,23,27)/t15?,19-,21+/m1/s1. The summed E-state index contributed by atoms with van der Waals surface area (Å²) in [4.78, 5) is 0. The van der Waals surface area contributed by atoms with Crippen molar-refractivity contribution in [3.05, 3.63) is 60.2 Å². The number of thiocarbonyl (C=S) groups is 1. The molecule has 1 fully saturated rings. The molecule has 1 heterocycles. The number of ether oxygens (including phenoxy) is 1. The highest BCUT2D eigenvalue weighted by atomic mass is 32.1. The molecule has 0 spiro atoms. The van der Waals surface area contributed by atoms with E-state index >= 15 is 0 Å². The summed E-state index contributed by atoms with van der Waals surface area (Å²) in [7, 11) is 1.69. The second kappa shape index (κ2) is 7.69. The van der Waals surface area contributed by atoms with Crippen LogP contribution in [-0.2, 0) is 0 Å². The number of hydrogen-bond acceptors (Lipinski definition) is 3. The summed E-state index contributed by atoms with van der Waals surface area (Å²) in [5, 5.41) is 11.0. The van der Waals surface area contributed by atoms with Crippen molar-refractivity contribution in [3.63, 3.8) is 0 Å². The fraction of sp³-hybridized carbons (Fsp3) is 0.364. The molecule has 0 amide bonds. The van der Waals surface area contributed by atoms with Crippen LogP contribution in [0.4, 0.5) is 5.69 Å². The van der Waals surface area contributed by atoms with E-state index in [0.717, 1.165) is 17.9 Å². The molecule has 1 N–H and O–H groups in total. The van der Waals surface area contributed by atoms with Crippen LogP contribution in [0, 0.1) is 11.8 Å². The van der Waals surface area contributed by atoms with E-state index in [0.29, 0.717) is 16.9 Å². The lowest BCUT2D eigenvalue weighted by molar-refractivity contribution is 0.299. The van der Waals surface area contributed by atoms with Gasteiger partial charge in [0.2, 0.25) is 0 Å². The molecule has 0 bridgehead atoms. The van der Waals surface area contributed by atoms with Crippen LogP contribution in [0.5, 0.6) is 5.75 Å². The van der Waals surface area contributed by atoms with Crippen molar-refractivity contribution in [2.75, 3.05) is 12.4 Å². The average molecular weight is 380 g/mol. The van der Waals surface area contributed by atoms with Crippen LogP contribution >= 0.6 is 12.2 Å². The Kier molecular flexibility index (Phi) is 5.12. The van der Waals surface area contributed by atoms with Gasteiger partial charge in [0.05, 0.1) is 13.2 Å². The third-order valence-corrected chi connectivity index (χ3v) is 5.88. The first-order valence-electron chi connectivity index (χ1n) is 9.55. The van der Waals surface area contributed by atoms with E-state index in [-0.39, 0.29) is 6.04 Å². The second-order valence-electron chi connectivity index (χ2n) is 7.32. The molecule has 0 radical (unpaired) electrons. The highest BCUT2D eigenvalue weighted by Crippen LogP contribution is 2.44. The highest BCUT2D eigenvalue weighted by Gasteiger charge is 2.43. The molecule has 27 heavy (non-hydrogen) atoms. The van der Waals surface area contributed by atoms with E-state index in [9.17, 15) is 0 Å².